The first-order chi connectivity index (χ1) is 12.1. The Hall–Kier alpha value is -1.44. The predicted octanol–water partition coefficient (Wildman–Crippen LogP) is 1.42. The standard InChI is InChI=1S/C18H31N5O2/c1-21(2)9-10-23-8-5-16(20-23)19-17(24)15-18(6-3-4-7-18)22-11-13-25-14-12-22/h5,8H,3-4,6-7,9-15H2,1-2H3,(H,19,20,24). The molecule has 1 aromatic heterocycles. The summed E-state index contributed by atoms with van der Waals surface area (Å²) in [7, 11) is 4.08. The van der Waals surface area contributed by atoms with Crippen molar-refractivity contribution in [1.29, 1.82) is 0 Å². The molecule has 2 aliphatic rings. The zero-order valence-corrected chi connectivity index (χ0v) is 15.5. The number of anilines is 1. The molecule has 1 N–H and O–H groups in total. The predicted molar refractivity (Wildman–Crippen MR) is 97.6 cm³/mol. The molecule has 2 fully saturated rings. The van der Waals surface area contributed by atoms with Gasteiger partial charge in [0.2, 0.25) is 5.91 Å². The normalized spacial score (nSPS) is 20.9. The highest BCUT2D eigenvalue weighted by atomic mass is 16.5. The molecule has 140 valence electrons. The Morgan fingerprint density at radius 3 is 2.72 bits per heavy atom. The fraction of sp³-hybridized carbons (Fsp3) is 0.778. The Morgan fingerprint density at radius 2 is 2.04 bits per heavy atom. The van der Waals surface area contributed by atoms with Crippen LogP contribution in [-0.2, 0) is 16.1 Å². The van der Waals surface area contributed by atoms with E-state index < -0.39 is 0 Å². The molecule has 0 unspecified atom stereocenters. The number of rotatable bonds is 7. The molecule has 1 aliphatic carbocycles. The van der Waals surface area contributed by atoms with Gasteiger partial charge in [-0.2, -0.15) is 5.10 Å². The maximum Gasteiger partial charge on any atom is 0.227 e. The number of nitrogens with one attached hydrogen (secondary N) is 1. The van der Waals surface area contributed by atoms with Crippen LogP contribution in [0.2, 0.25) is 0 Å². The number of likely N-dealkylation sites (N-methyl/N-ethyl adjacent to an activating group) is 1. The summed E-state index contributed by atoms with van der Waals surface area (Å²) in [6.45, 7) is 5.17. The van der Waals surface area contributed by atoms with E-state index in [0.717, 1.165) is 52.2 Å². The minimum atomic E-state index is 0.0152. The lowest BCUT2D eigenvalue weighted by Gasteiger charge is -2.43. The second kappa shape index (κ2) is 8.29. The van der Waals surface area contributed by atoms with E-state index >= 15 is 0 Å². The van der Waals surface area contributed by atoms with Crippen LogP contribution < -0.4 is 5.32 Å². The van der Waals surface area contributed by atoms with Gasteiger partial charge in [0, 0.05) is 43.9 Å². The van der Waals surface area contributed by atoms with Gasteiger partial charge in [0.15, 0.2) is 5.82 Å². The molecule has 0 bridgehead atoms. The van der Waals surface area contributed by atoms with Crippen molar-refractivity contribution < 1.29 is 9.53 Å². The van der Waals surface area contributed by atoms with Crippen molar-refractivity contribution in [2.45, 2.75) is 44.2 Å². The van der Waals surface area contributed by atoms with Crippen LogP contribution in [0.1, 0.15) is 32.1 Å². The minimum absolute atomic E-state index is 0.0152. The Balaban J connectivity index is 1.57. The van der Waals surface area contributed by atoms with Crippen molar-refractivity contribution in [2.75, 3.05) is 52.3 Å². The molecule has 7 heteroatoms. The zero-order valence-electron chi connectivity index (χ0n) is 15.5. The van der Waals surface area contributed by atoms with Gasteiger partial charge < -0.3 is 15.0 Å². The Labute approximate surface area is 150 Å². The van der Waals surface area contributed by atoms with E-state index in [4.69, 9.17) is 4.74 Å². The number of ether oxygens (including phenoxy) is 1. The van der Waals surface area contributed by atoms with E-state index in [2.05, 4.69) is 20.2 Å². The summed E-state index contributed by atoms with van der Waals surface area (Å²) in [4.78, 5) is 17.3. The lowest BCUT2D eigenvalue weighted by Crippen LogP contribution is -2.53. The second-order valence-corrected chi connectivity index (χ2v) is 7.52. The molecule has 0 aromatic carbocycles. The van der Waals surface area contributed by atoms with Crippen LogP contribution >= 0.6 is 0 Å². The first kappa shape index (κ1) is 18.4. The number of aromatic nitrogens is 2. The van der Waals surface area contributed by atoms with Gasteiger partial charge in [-0.25, -0.2) is 0 Å². The highest BCUT2D eigenvalue weighted by Gasteiger charge is 2.41. The van der Waals surface area contributed by atoms with E-state index in [1.807, 2.05) is 31.0 Å². The van der Waals surface area contributed by atoms with E-state index in [1.165, 1.54) is 12.8 Å². The SMILES string of the molecule is CN(C)CCn1ccc(NC(=O)CC2(N3CCOCC3)CCCC2)n1. The second-order valence-electron chi connectivity index (χ2n) is 7.52. The van der Waals surface area contributed by atoms with Gasteiger partial charge in [0.25, 0.3) is 0 Å². The molecule has 1 amide bonds. The van der Waals surface area contributed by atoms with Gasteiger partial charge in [-0.1, -0.05) is 12.8 Å². The van der Waals surface area contributed by atoms with Gasteiger partial charge in [-0.05, 0) is 26.9 Å². The van der Waals surface area contributed by atoms with Crippen molar-refractivity contribution in [2.24, 2.45) is 0 Å². The van der Waals surface area contributed by atoms with Crippen LogP contribution in [-0.4, -0.2) is 78.0 Å². The number of nitrogens with zero attached hydrogens (tertiary/aromatic N) is 4. The quantitative estimate of drug-likeness (QED) is 0.807. The van der Waals surface area contributed by atoms with Gasteiger partial charge in [0.05, 0.1) is 19.8 Å². The minimum Gasteiger partial charge on any atom is -0.379 e. The first-order valence-corrected chi connectivity index (χ1v) is 9.38. The summed E-state index contributed by atoms with van der Waals surface area (Å²) in [5, 5.41) is 7.45. The van der Waals surface area contributed by atoms with E-state index in [-0.39, 0.29) is 11.4 Å². The van der Waals surface area contributed by atoms with Gasteiger partial charge >= 0.3 is 0 Å². The van der Waals surface area contributed by atoms with Crippen LogP contribution in [0.15, 0.2) is 12.3 Å². The summed E-state index contributed by atoms with van der Waals surface area (Å²) in [5.41, 5.74) is 0.0152. The third-order valence-electron chi connectivity index (χ3n) is 5.39. The average Bonchev–Trinajstić information content (AvgIpc) is 3.24. The van der Waals surface area contributed by atoms with Gasteiger partial charge in [0.1, 0.15) is 0 Å². The third kappa shape index (κ3) is 4.80. The monoisotopic (exact) mass is 349 g/mol. The average molecular weight is 349 g/mol. The number of amides is 1. The number of hydrogen-bond donors (Lipinski definition) is 1. The Kier molecular flexibility index (Phi) is 6.09. The first-order valence-electron chi connectivity index (χ1n) is 9.38. The largest absolute Gasteiger partial charge is 0.379 e. The molecule has 7 nitrogen and oxygen atoms in total. The van der Waals surface area contributed by atoms with Crippen molar-refractivity contribution in [1.82, 2.24) is 19.6 Å². The Bertz CT molecular complexity index is 560. The summed E-state index contributed by atoms with van der Waals surface area (Å²) in [6.07, 6.45) is 7.12. The number of carbonyl (C=O) groups is 1. The van der Waals surface area contributed by atoms with Crippen molar-refractivity contribution in [3.05, 3.63) is 12.3 Å². The molecule has 1 aromatic rings. The van der Waals surface area contributed by atoms with Gasteiger partial charge in [-0.15, -0.1) is 0 Å². The summed E-state index contributed by atoms with van der Waals surface area (Å²) < 4.78 is 7.37. The molecule has 1 saturated heterocycles. The summed E-state index contributed by atoms with van der Waals surface area (Å²) in [6, 6.07) is 1.88. The lowest BCUT2D eigenvalue weighted by molar-refractivity contribution is -0.120. The number of hydrogen-bond acceptors (Lipinski definition) is 5. The number of carbonyl (C=O) groups excluding carboxylic acids is 1. The highest BCUT2D eigenvalue weighted by molar-refractivity contribution is 5.90. The highest BCUT2D eigenvalue weighted by Crippen LogP contribution is 2.38. The molecule has 0 radical (unpaired) electrons. The maximum absolute atomic E-state index is 12.7. The molecule has 25 heavy (non-hydrogen) atoms. The molecule has 0 atom stereocenters. The van der Waals surface area contributed by atoms with Crippen molar-refractivity contribution >= 4 is 11.7 Å². The van der Waals surface area contributed by atoms with Crippen LogP contribution in [0.25, 0.3) is 0 Å². The molecular formula is C18H31N5O2. The van der Waals surface area contributed by atoms with Crippen LogP contribution in [0.3, 0.4) is 0 Å². The fourth-order valence-electron chi connectivity index (χ4n) is 4.02. The molecule has 0 spiro atoms. The van der Waals surface area contributed by atoms with E-state index in [9.17, 15) is 4.79 Å². The fourth-order valence-corrected chi connectivity index (χ4v) is 4.02. The van der Waals surface area contributed by atoms with Crippen LogP contribution in [0, 0.1) is 0 Å². The van der Waals surface area contributed by atoms with Gasteiger partial charge in [-0.3, -0.25) is 14.4 Å². The molecule has 1 saturated carbocycles. The molecule has 2 heterocycles. The summed E-state index contributed by atoms with van der Waals surface area (Å²) in [5.74, 6) is 0.727. The van der Waals surface area contributed by atoms with Crippen LogP contribution in [0.4, 0.5) is 5.82 Å². The molecular weight excluding hydrogens is 318 g/mol. The summed E-state index contributed by atoms with van der Waals surface area (Å²) >= 11 is 0. The van der Waals surface area contributed by atoms with Crippen LogP contribution in [0.5, 0.6) is 0 Å². The number of morpholine rings is 1. The topological polar surface area (TPSA) is 62.6 Å². The third-order valence-corrected chi connectivity index (χ3v) is 5.39. The molecule has 3 rings (SSSR count). The smallest absolute Gasteiger partial charge is 0.227 e. The van der Waals surface area contributed by atoms with E-state index in [1.54, 1.807) is 0 Å². The maximum atomic E-state index is 12.7. The lowest BCUT2D eigenvalue weighted by atomic mass is 9.90. The van der Waals surface area contributed by atoms with Crippen molar-refractivity contribution in [3.8, 4) is 0 Å². The molecule has 1 aliphatic heterocycles. The zero-order chi connectivity index (χ0) is 17.7. The van der Waals surface area contributed by atoms with Crippen molar-refractivity contribution in [3.63, 3.8) is 0 Å². The van der Waals surface area contributed by atoms with E-state index in [0.29, 0.717) is 12.2 Å². The Morgan fingerprint density at radius 1 is 1.32 bits per heavy atom.